The molecule has 1 fully saturated rings. The van der Waals surface area contributed by atoms with Crippen LogP contribution in [-0.2, 0) is 0 Å². The second-order valence-electron chi connectivity index (χ2n) is 7.30. The third kappa shape index (κ3) is 4.26. The number of nitrogens with zero attached hydrogens (tertiary/aromatic N) is 1. The molecule has 2 heteroatoms. The summed E-state index contributed by atoms with van der Waals surface area (Å²) in [7, 11) is 0. The zero-order valence-corrected chi connectivity index (χ0v) is 12.6. The van der Waals surface area contributed by atoms with Crippen LogP contribution in [0.25, 0.3) is 0 Å². The summed E-state index contributed by atoms with van der Waals surface area (Å²) >= 11 is 0. The Bertz CT molecular complexity index is 235. The Morgan fingerprint density at radius 2 is 1.88 bits per heavy atom. The molecular weight excluding hydrogens is 208 g/mol. The number of hydrogen-bond acceptors (Lipinski definition) is 2. The highest BCUT2D eigenvalue weighted by Gasteiger charge is 2.34. The molecular formula is C15H32N2. The fourth-order valence-corrected chi connectivity index (χ4v) is 3.18. The zero-order valence-electron chi connectivity index (χ0n) is 12.6. The highest BCUT2D eigenvalue weighted by atomic mass is 15.2. The molecule has 0 aromatic carbocycles. The maximum atomic E-state index is 6.06. The molecule has 1 unspecified atom stereocenters. The van der Waals surface area contributed by atoms with Gasteiger partial charge in [-0.3, -0.25) is 4.90 Å². The average Bonchev–Trinajstić information content (AvgIpc) is 2.38. The average molecular weight is 240 g/mol. The number of likely N-dealkylation sites (tertiary alicyclic amines) is 1. The molecule has 2 nitrogen and oxygen atoms in total. The van der Waals surface area contributed by atoms with Gasteiger partial charge < -0.3 is 5.73 Å². The summed E-state index contributed by atoms with van der Waals surface area (Å²) in [6.07, 6.45) is 5.19. The van der Waals surface area contributed by atoms with Gasteiger partial charge >= 0.3 is 0 Å². The van der Waals surface area contributed by atoms with E-state index in [1.54, 1.807) is 0 Å². The van der Waals surface area contributed by atoms with Crippen LogP contribution in [-0.4, -0.2) is 30.1 Å². The Labute approximate surface area is 108 Å². The quantitative estimate of drug-likeness (QED) is 0.817. The lowest BCUT2D eigenvalue weighted by Gasteiger charge is -2.41. The lowest BCUT2D eigenvalue weighted by atomic mass is 9.85. The van der Waals surface area contributed by atoms with Crippen molar-refractivity contribution in [2.45, 2.75) is 65.8 Å². The van der Waals surface area contributed by atoms with Gasteiger partial charge in [-0.15, -0.1) is 0 Å². The first-order chi connectivity index (χ1) is 7.79. The fraction of sp³-hybridized carbons (Fsp3) is 1.00. The van der Waals surface area contributed by atoms with Crippen LogP contribution >= 0.6 is 0 Å². The molecule has 0 aliphatic carbocycles. The van der Waals surface area contributed by atoms with Gasteiger partial charge in [0.05, 0.1) is 0 Å². The lowest BCUT2D eigenvalue weighted by molar-refractivity contribution is 0.0895. The van der Waals surface area contributed by atoms with E-state index in [2.05, 4.69) is 39.5 Å². The van der Waals surface area contributed by atoms with Crippen molar-refractivity contribution in [3.63, 3.8) is 0 Å². The van der Waals surface area contributed by atoms with Gasteiger partial charge in [0.2, 0.25) is 0 Å². The summed E-state index contributed by atoms with van der Waals surface area (Å²) in [6.45, 7) is 15.0. The van der Waals surface area contributed by atoms with Crippen molar-refractivity contribution in [2.24, 2.45) is 17.1 Å². The van der Waals surface area contributed by atoms with E-state index in [1.807, 2.05) is 0 Å². The molecule has 1 aliphatic heterocycles. The molecule has 0 bridgehead atoms. The monoisotopic (exact) mass is 240 g/mol. The third-order valence-electron chi connectivity index (χ3n) is 4.39. The summed E-state index contributed by atoms with van der Waals surface area (Å²) in [6, 6.07) is 0. The van der Waals surface area contributed by atoms with Gasteiger partial charge in [-0.05, 0) is 57.0 Å². The van der Waals surface area contributed by atoms with Gasteiger partial charge in [-0.25, -0.2) is 0 Å². The van der Waals surface area contributed by atoms with E-state index in [9.17, 15) is 0 Å². The van der Waals surface area contributed by atoms with Gasteiger partial charge in [0.1, 0.15) is 0 Å². The summed E-state index contributed by atoms with van der Waals surface area (Å²) in [5.74, 6) is 0.722. The maximum absolute atomic E-state index is 6.06. The van der Waals surface area contributed by atoms with Crippen LogP contribution in [0, 0.1) is 11.3 Å². The smallest absolute Gasteiger partial charge is 0.0306 e. The Morgan fingerprint density at radius 3 is 2.41 bits per heavy atom. The minimum atomic E-state index is 0.203. The molecule has 1 saturated heterocycles. The largest absolute Gasteiger partial charge is 0.329 e. The highest BCUT2D eigenvalue weighted by molar-refractivity contribution is 4.90. The standard InChI is InChI=1S/C15H32N2/c1-13(2)11-15(5,12-16)17-9-6-7-14(3,4)8-10-17/h13H,6-12,16H2,1-5H3. The Kier molecular flexibility index (Phi) is 5.03. The van der Waals surface area contributed by atoms with Crippen LogP contribution in [0.15, 0.2) is 0 Å². The summed E-state index contributed by atoms with van der Waals surface area (Å²) < 4.78 is 0. The van der Waals surface area contributed by atoms with Crippen molar-refractivity contribution in [3.8, 4) is 0 Å². The Balaban J connectivity index is 2.69. The molecule has 2 N–H and O–H groups in total. The summed E-state index contributed by atoms with van der Waals surface area (Å²) in [5.41, 5.74) is 6.78. The minimum Gasteiger partial charge on any atom is -0.329 e. The molecule has 17 heavy (non-hydrogen) atoms. The van der Waals surface area contributed by atoms with E-state index < -0.39 is 0 Å². The number of nitrogens with two attached hydrogens (primary N) is 1. The maximum Gasteiger partial charge on any atom is 0.0306 e. The normalized spacial score (nSPS) is 25.6. The predicted molar refractivity (Wildman–Crippen MR) is 76.1 cm³/mol. The molecule has 1 heterocycles. The van der Waals surface area contributed by atoms with Crippen LogP contribution in [0.4, 0.5) is 0 Å². The molecule has 0 amide bonds. The third-order valence-corrected chi connectivity index (χ3v) is 4.39. The fourth-order valence-electron chi connectivity index (χ4n) is 3.18. The van der Waals surface area contributed by atoms with E-state index in [-0.39, 0.29) is 5.54 Å². The predicted octanol–water partition coefficient (Wildman–Crippen LogP) is 3.26. The molecule has 0 aromatic heterocycles. The van der Waals surface area contributed by atoms with E-state index in [1.165, 1.54) is 38.8 Å². The molecule has 0 spiro atoms. The molecule has 0 saturated carbocycles. The molecule has 1 aliphatic rings. The van der Waals surface area contributed by atoms with Crippen molar-refractivity contribution in [1.29, 1.82) is 0 Å². The van der Waals surface area contributed by atoms with Crippen LogP contribution in [0.5, 0.6) is 0 Å². The summed E-state index contributed by atoms with van der Waals surface area (Å²) in [5, 5.41) is 0. The van der Waals surface area contributed by atoms with Crippen molar-refractivity contribution < 1.29 is 0 Å². The summed E-state index contributed by atoms with van der Waals surface area (Å²) in [4.78, 5) is 2.65. The van der Waals surface area contributed by atoms with Gasteiger partial charge in [0.15, 0.2) is 0 Å². The van der Waals surface area contributed by atoms with Crippen LogP contribution in [0.3, 0.4) is 0 Å². The van der Waals surface area contributed by atoms with Gasteiger partial charge in [-0.1, -0.05) is 27.7 Å². The second kappa shape index (κ2) is 5.71. The SMILES string of the molecule is CC(C)CC(C)(CN)N1CCCC(C)(C)CC1. The van der Waals surface area contributed by atoms with Crippen molar-refractivity contribution >= 4 is 0 Å². The lowest BCUT2D eigenvalue weighted by Crippen LogP contribution is -2.52. The molecule has 0 radical (unpaired) electrons. The van der Waals surface area contributed by atoms with Crippen molar-refractivity contribution in [2.75, 3.05) is 19.6 Å². The van der Waals surface area contributed by atoms with Gasteiger partial charge in [0, 0.05) is 12.1 Å². The van der Waals surface area contributed by atoms with Gasteiger partial charge in [-0.2, -0.15) is 0 Å². The van der Waals surface area contributed by atoms with Crippen LogP contribution in [0.1, 0.15) is 60.3 Å². The molecule has 102 valence electrons. The van der Waals surface area contributed by atoms with Gasteiger partial charge in [0.25, 0.3) is 0 Å². The zero-order chi connectivity index (χ0) is 13.1. The van der Waals surface area contributed by atoms with E-state index in [4.69, 9.17) is 5.73 Å². The van der Waals surface area contributed by atoms with Crippen molar-refractivity contribution in [3.05, 3.63) is 0 Å². The number of rotatable bonds is 4. The first-order valence-corrected chi connectivity index (χ1v) is 7.24. The molecule has 0 aromatic rings. The first-order valence-electron chi connectivity index (χ1n) is 7.24. The van der Waals surface area contributed by atoms with E-state index in [0.29, 0.717) is 5.41 Å². The second-order valence-corrected chi connectivity index (χ2v) is 7.30. The Morgan fingerprint density at radius 1 is 1.24 bits per heavy atom. The molecule has 1 rings (SSSR count). The Hall–Kier alpha value is -0.0800. The van der Waals surface area contributed by atoms with E-state index in [0.717, 1.165) is 12.5 Å². The topological polar surface area (TPSA) is 29.3 Å². The van der Waals surface area contributed by atoms with Crippen molar-refractivity contribution in [1.82, 2.24) is 4.90 Å². The van der Waals surface area contributed by atoms with E-state index >= 15 is 0 Å². The van der Waals surface area contributed by atoms with Crippen LogP contribution < -0.4 is 5.73 Å². The first kappa shape index (κ1) is 15.0. The number of hydrogen-bond donors (Lipinski definition) is 1. The van der Waals surface area contributed by atoms with Crippen LogP contribution in [0.2, 0.25) is 0 Å². The minimum absolute atomic E-state index is 0.203. The molecule has 1 atom stereocenters. The highest BCUT2D eigenvalue weighted by Crippen LogP contribution is 2.33.